The Hall–Kier alpha value is -0.924. The Morgan fingerprint density at radius 1 is 0.476 bits per heavy atom. The van der Waals surface area contributed by atoms with Gasteiger partial charge in [0.2, 0.25) is 0 Å². The van der Waals surface area contributed by atoms with Crippen LogP contribution in [0.3, 0.4) is 0 Å². The van der Waals surface area contributed by atoms with E-state index in [2.05, 4.69) is 119 Å². The molecule has 0 spiro atoms. The summed E-state index contributed by atoms with van der Waals surface area (Å²) in [4.78, 5) is 0. The molecule has 21 heavy (non-hydrogen) atoms. The first-order chi connectivity index (χ1) is 10.4. The van der Waals surface area contributed by atoms with Crippen molar-refractivity contribution in [2.24, 2.45) is 0 Å². The van der Waals surface area contributed by atoms with Gasteiger partial charge in [0.05, 0.1) is 0 Å². The minimum atomic E-state index is -0.446. The van der Waals surface area contributed by atoms with Gasteiger partial charge < -0.3 is 0 Å². The summed E-state index contributed by atoms with van der Waals surface area (Å²) in [6.45, 7) is 0. The third-order valence-corrected chi connectivity index (χ3v) is 5.49. The minimum Gasteiger partial charge on any atom is -0.0622 e. The summed E-state index contributed by atoms with van der Waals surface area (Å²) >= 11 is 6.00. The van der Waals surface area contributed by atoms with Crippen LogP contribution < -0.4 is 15.9 Å². The van der Waals surface area contributed by atoms with E-state index in [0.29, 0.717) is 0 Å². The minimum absolute atomic E-state index is 0.446. The van der Waals surface area contributed by atoms with Crippen molar-refractivity contribution in [1.29, 1.82) is 0 Å². The fourth-order valence-corrected chi connectivity index (χ4v) is 4.48. The Bertz CT molecular complexity index is 535. The summed E-state index contributed by atoms with van der Waals surface area (Å²) in [5.74, 6) is 0. The van der Waals surface area contributed by atoms with Gasteiger partial charge in [-0.3, -0.25) is 0 Å². The Balaban J connectivity index is 0.000000774. The molecule has 0 aliphatic heterocycles. The molecule has 3 aromatic rings. The zero-order valence-corrected chi connectivity index (χ0v) is 14.8. The van der Waals surface area contributed by atoms with Crippen molar-refractivity contribution in [3.63, 3.8) is 0 Å². The molecule has 0 atom stereocenters. The van der Waals surface area contributed by atoms with Crippen LogP contribution in [0.4, 0.5) is 0 Å². The molecular formula is C18H15BrCoP. The van der Waals surface area contributed by atoms with E-state index in [1.165, 1.54) is 15.9 Å². The number of benzene rings is 3. The van der Waals surface area contributed by atoms with Crippen LogP contribution in [-0.4, -0.2) is 0 Å². The first kappa shape index (κ1) is 16.4. The summed E-state index contributed by atoms with van der Waals surface area (Å²) < 4.78 is 0. The summed E-state index contributed by atoms with van der Waals surface area (Å²) in [5, 5.41) is 4.19. The van der Waals surface area contributed by atoms with E-state index >= 15 is 0 Å². The average Bonchev–Trinajstić information content (AvgIpc) is 2.60. The van der Waals surface area contributed by atoms with E-state index in [4.69, 9.17) is 0 Å². The molecule has 0 aliphatic carbocycles. The van der Waals surface area contributed by atoms with E-state index in [1.54, 1.807) is 0 Å². The number of rotatable bonds is 3. The fraction of sp³-hybridized carbons (Fsp3) is 0. The standard InChI is InChI=1S/C18H15P.BrH.Co/c1-4-10-16(11-5-1)19(17-12-6-2-7-13-17)18-14-8-3-9-15-18;;/h1-15H;1H;/q;;+1/p-1. The van der Waals surface area contributed by atoms with E-state index in [-0.39, 0.29) is 0 Å². The second-order valence-corrected chi connectivity index (χ2v) is 6.56. The molecule has 0 fully saturated rings. The van der Waals surface area contributed by atoms with Crippen molar-refractivity contribution in [2.45, 2.75) is 0 Å². The summed E-state index contributed by atoms with van der Waals surface area (Å²) in [7, 11) is -0.446. The maximum Gasteiger partial charge on any atom is -0.0134 e. The van der Waals surface area contributed by atoms with Crippen molar-refractivity contribution < 1.29 is 13.9 Å². The van der Waals surface area contributed by atoms with Crippen molar-refractivity contribution in [3.8, 4) is 0 Å². The third-order valence-electron chi connectivity index (χ3n) is 3.04. The average molecular weight is 401 g/mol. The smallest absolute Gasteiger partial charge is 0.0134 e. The topological polar surface area (TPSA) is 0 Å². The Morgan fingerprint density at radius 2 is 0.714 bits per heavy atom. The molecular weight excluding hydrogens is 386 g/mol. The van der Waals surface area contributed by atoms with Gasteiger partial charge in [-0.1, -0.05) is 91.0 Å². The van der Waals surface area contributed by atoms with Crippen molar-refractivity contribution >= 4 is 38.0 Å². The first-order valence-electron chi connectivity index (χ1n) is 6.53. The maximum atomic E-state index is 3.38. The van der Waals surface area contributed by atoms with Crippen LogP contribution in [0.5, 0.6) is 0 Å². The van der Waals surface area contributed by atoms with Gasteiger partial charge in [0.15, 0.2) is 0 Å². The Morgan fingerprint density at radius 3 is 0.952 bits per heavy atom. The SMILES string of the molecule is [Co][Br].c1ccc(P(c2ccccc2)c2ccccc2)cc1. The molecule has 0 nitrogen and oxygen atoms in total. The van der Waals surface area contributed by atoms with Crippen molar-refractivity contribution in [1.82, 2.24) is 0 Å². The van der Waals surface area contributed by atoms with Crippen LogP contribution in [0.15, 0.2) is 91.0 Å². The van der Waals surface area contributed by atoms with E-state index in [0.717, 1.165) is 0 Å². The molecule has 0 heterocycles. The predicted molar refractivity (Wildman–Crippen MR) is 94.1 cm³/mol. The molecule has 0 aromatic heterocycles. The third kappa shape index (κ3) is 4.52. The van der Waals surface area contributed by atoms with Gasteiger partial charge in [-0.25, -0.2) is 0 Å². The van der Waals surface area contributed by atoms with Gasteiger partial charge in [-0.05, 0) is 23.8 Å². The zero-order valence-electron chi connectivity index (χ0n) is 11.3. The monoisotopic (exact) mass is 400 g/mol. The second kappa shape index (κ2) is 9.17. The number of hydrogen-bond acceptors (Lipinski definition) is 0. The van der Waals surface area contributed by atoms with Crippen LogP contribution in [0.25, 0.3) is 0 Å². The molecule has 0 saturated carbocycles. The molecule has 0 amide bonds. The predicted octanol–water partition coefficient (Wildman–Crippen LogP) is 4.29. The Kier molecular flexibility index (Phi) is 7.18. The molecule has 3 heteroatoms. The summed E-state index contributed by atoms with van der Waals surface area (Å²) in [6.07, 6.45) is 0. The van der Waals surface area contributed by atoms with Crippen LogP contribution in [0.2, 0.25) is 0 Å². The van der Waals surface area contributed by atoms with Crippen molar-refractivity contribution in [3.05, 3.63) is 91.0 Å². The molecule has 108 valence electrons. The molecule has 0 radical (unpaired) electrons. The van der Waals surface area contributed by atoms with Gasteiger partial charge in [0.1, 0.15) is 0 Å². The van der Waals surface area contributed by atoms with Crippen molar-refractivity contribution in [2.75, 3.05) is 0 Å². The molecule has 3 aromatic carbocycles. The van der Waals surface area contributed by atoms with Crippen LogP contribution in [-0.2, 0) is 13.9 Å². The first-order valence-corrected chi connectivity index (χ1v) is 10.4. The van der Waals surface area contributed by atoms with Crippen LogP contribution in [0.1, 0.15) is 0 Å². The zero-order chi connectivity index (χ0) is 14.9. The molecule has 0 bridgehead atoms. The van der Waals surface area contributed by atoms with Gasteiger partial charge >= 0.3 is 28.1 Å². The van der Waals surface area contributed by atoms with Crippen LogP contribution >= 0.6 is 22.1 Å². The summed E-state index contributed by atoms with van der Waals surface area (Å²) in [6, 6.07) is 32.3. The van der Waals surface area contributed by atoms with E-state index in [9.17, 15) is 0 Å². The van der Waals surface area contributed by atoms with Crippen LogP contribution in [0, 0.1) is 0 Å². The fourth-order valence-electron chi connectivity index (χ4n) is 2.18. The molecule has 3 rings (SSSR count). The molecule has 0 saturated heterocycles. The maximum absolute atomic E-state index is 3.38. The van der Waals surface area contributed by atoms with E-state index in [1.807, 2.05) is 0 Å². The normalized spacial score (nSPS) is 9.90. The van der Waals surface area contributed by atoms with Gasteiger partial charge in [-0.2, -0.15) is 0 Å². The number of halogens is 1. The summed E-state index contributed by atoms with van der Waals surface area (Å²) in [5.41, 5.74) is 0. The second-order valence-electron chi connectivity index (χ2n) is 4.34. The molecule has 0 aliphatic rings. The molecule has 0 unspecified atom stereocenters. The Labute approximate surface area is 142 Å². The van der Waals surface area contributed by atoms with Gasteiger partial charge in [0.25, 0.3) is 0 Å². The van der Waals surface area contributed by atoms with Gasteiger partial charge in [0, 0.05) is 0 Å². The largest absolute Gasteiger partial charge is 0.0622 e. The quantitative estimate of drug-likeness (QED) is 0.575. The number of hydrogen-bond donors (Lipinski definition) is 0. The molecule has 0 N–H and O–H groups in total. The van der Waals surface area contributed by atoms with Gasteiger partial charge in [-0.15, -0.1) is 0 Å². The van der Waals surface area contributed by atoms with E-state index < -0.39 is 7.92 Å².